The summed E-state index contributed by atoms with van der Waals surface area (Å²) in [5.41, 5.74) is 0.680. The van der Waals surface area contributed by atoms with Crippen molar-refractivity contribution >= 4 is 48.9 Å². The van der Waals surface area contributed by atoms with Crippen molar-refractivity contribution in [3.05, 3.63) is 64.2 Å². The molecular weight excluding hydrogens is 399 g/mol. The number of fused-ring (bicyclic) bond motifs is 3. The van der Waals surface area contributed by atoms with Crippen molar-refractivity contribution in [2.75, 3.05) is 11.9 Å². The number of nitrogens with one attached hydrogen (secondary N) is 1. The average molecular weight is 410 g/mol. The maximum atomic E-state index is 12.9. The molecule has 0 aliphatic carbocycles. The van der Waals surface area contributed by atoms with Gasteiger partial charge in [-0.2, -0.15) is 13.2 Å². The Hall–Kier alpha value is -2.58. The first-order valence-corrected chi connectivity index (χ1v) is 9.02. The number of thiophene rings is 1. The quantitative estimate of drug-likeness (QED) is 0.504. The number of alkyl halides is 3. The highest BCUT2D eigenvalue weighted by Crippen LogP contribution is 2.35. The summed E-state index contributed by atoms with van der Waals surface area (Å²) in [4.78, 5) is 17.6. The Bertz CT molecular complexity index is 1200. The normalized spacial score (nSPS) is 12.0. The molecule has 0 atom stereocenters. The van der Waals surface area contributed by atoms with Crippen molar-refractivity contribution in [1.82, 2.24) is 9.55 Å². The summed E-state index contributed by atoms with van der Waals surface area (Å²) in [6.45, 7) is -1.16. The molecule has 0 spiro atoms. The van der Waals surface area contributed by atoms with Crippen LogP contribution in [0.4, 0.5) is 18.9 Å². The van der Waals surface area contributed by atoms with Crippen LogP contribution in [0.5, 0.6) is 0 Å². The van der Waals surface area contributed by atoms with Crippen LogP contribution in [0.1, 0.15) is 0 Å². The fraction of sp³-hybridized carbons (Fsp3) is 0.111. The molecule has 0 aliphatic rings. The number of benzene rings is 1. The second-order valence-electron chi connectivity index (χ2n) is 5.82. The topological polar surface area (TPSA) is 46.9 Å². The molecule has 4 aromatic rings. The molecule has 0 fully saturated rings. The predicted molar refractivity (Wildman–Crippen MR) is 102 cm³/mol. The zero-order valence-corrected chi connectivity index (χ0v) is 15.1. The molecule has 27 heavy (non-hydrogen) atoms. The van der Waals surface area contributed by atoms with E-state index >= 15 is 0 Å². The number of hydrogen-bond acceptors (Lipinski definition) is 4. The fourth-order valence-electron chi connectivity index (χ4n) is 2.84. The lowest BCUT2D eigenvalue weighted by Gasteiger charge is -2.10. The van der Waals surface area contributed by atoms with Gasteiger partial charge in [0.25, 0.3) is 5.56 Å². The van der Waals surface area contributed by atoms with Crippen LogP contribution in [-0.4, -0.2) is 22.3 Å². The van der Waals surface area contributed by atoms with Crippen LogP contribution < -0.4 is 10.9 Å². The van der Waals surface area contributed by atoms with E-state index in [4.69, 9.17) is 11.6 Å². The smallest absolute Gasteiger partial charge is 0.376 e. The van der Waals surface area contributed by atoms with Crippen LogP contribution in [0.3, 0.4) is 0 Å². The summed E-state index contributed by atoms with van der Waals surface area (Å²) in [6, 6.07) is 9.99. The summed E-state index contributed by atoms with van der Waals surface area (Å²) in [7, 11) is 0. The van der Waals surface area contributed by atoms with E-state index in [0.29, 0.717) is 36.7 Å². The Kier molecular flexibility index (Phi) is 4.32. The Balaban J connectivity index is 1.88. The molecule has 4 nitrogen and oxygen atoms in total. The van der Waals surface area contributed by atoms with E-state index in [1.54, 1.807) is 36.5 Å². The van der Waals surface area contributed by atoms with Gasteiger partial charge in [0, 0.05) is 39.6 Å². The van der Waals surface area contributed by atoms with Gasteiger partial charge >= 0.3 is 6.18 Å². The lowest BCUT2D eigenvalue weighted by atomic mass is 10.2. The summed E-state index contributed by atoms with van der Waals surface area (Å²) in [5.74, 6) is 0. The first-order valence-electron chi connectivity index (χ1n) is 7.83. The van der Waals surface area contributed by atoms with Gasteiger partial charge in [0.2, 0.25) is 0 Å². The van der Waals surface area contributed by atoms with Gasteiger partial charge in [0.15, 0.2) is 0 Å². The van der Waals surface area contributed by atoms with E-state index in [-0.39, 0.29) is 5.56 Å². The van der Waals surface area contributed by atoms with Gasteiger partial charge in [-0.1, -0.05) is 11.6 Å². The second-order valence-corrected chi connectivity index (χ2v) is 7.26. The third kappa shape index (κ3) is 3.38. The van der Waals surface area contributed by atoms with Gasteiger partial charge in [-0.3, -0.25) is 9.36 Å². The monoisotopic (exact) mass is 409 g/mol. The molecular formula is C18H11ClF3N3OS. The maximum absolute atomic E-state index is 12.9. The lowest BCUT2D eigenvalue weighted by Crippen LogP contribution is -2.21. The molecule has 1 aromatic carbocycles. The number of pyridine rings is 2. The van der Waals surface area contributed by atoms with E-state index in [1.807, 2.05) is 0 Å². The standard InChI is InChI=1S/C18H11ClF3N3OS/c19-10-1-3-11(4-2-10)25-8-6-12-14-13(24-9-18(20,21)22)5-7-23-16(14)27-15(12)17(25)26/h1-8H,9H2,(H,23,24). The molecule has 0 saturated heterocycles. The molecule has 0 bridgehead atoms. The van der Waals surface area contributed by atoms with Gasteiger partial charge in [0.05, 0.1) is 0 Å². The first-order chi connectivity index (χ1) is 12.8. The van der Waals surface area contributed by atoms with Crippen LogP contribution >= 0.6 is 22.9 Å². The van der Waals surface area contributed by atoms with Gasteiger partial charge in [-0.05, 0) is 36.4 Å². The van der Waals surface area contributed by atoms with Gasteiger partial charge < -0.3 is 5.32 Å². The number of hydrogen-bond donors (Lipinski definition) is 1. The summed E-state index contributed by atoms with van der Waals surface area (Å²) in [5, 5.41) is 4.04. The van der Waals surface area contributed by atoms with Crippen molar-refractivity contribution < 1.29 is 13.2 Å². The number of aromatic nitrogens is 2. The van der Waals surface area contributed by atoms with E-state index in [1.165, 1.54) is 16.8 Å². The molecule has 4 rings (SSSR count). The third-order valence-electron chi connectivity index (χ3n) is 4.02. The van der Waals surface area contributed by atoms with Crippen molar-refractivity contribution in [3.63, 3.8) is 0 Å². The highest BCUT2D eigenvalue weighted by molar-refractivity contribution is 7.25. The van der Waals surface area contributed by atoms with Crippen LogP contribution in [0.2, 0.25) is 5.02 Å². The minimum atomic E-state index is -4.34. The Labute approximate surface area is 159 Å². The number of halogens is 4. The minimum absolute atomic E-state index is 0.264. The first kappa shape index (κ1) is 17.8. The largest absolute Gasteiger partial charge is 0.405 e. The molecule has 0 saturated carbocycles. The fourth-order valence-corrected chi connectivity index (χ4v) is 4.06. The summed E-state index contributed by atoms with van der Waals surface area (Å²) < 4.78 is 39.6. The van der Waals surface area contributed by atoms with Crippen molar-refractivity contribution in [2.24, 2.45) is 0 Å². The van der Waals surface area contributed by atoms with E-state index in [0.717, 1.165) is 11.3 Å². The van der Waals surface area contributed by atoms with Gasteiger partial charge in [-0.25, -0.2) is 4.98 Å². The number of anilines is 1. The molecule has 0 amide bonds. The molecule has 9 heteroatoms. The van der Waals surface area contributed by atoms with Crippen LogP contribution in [-0.2, 0) is 0 Å². The minimum Gasteiger partial charge on any atom is -0.376 e. The highest BCUT2D eigenvalue weighted by atomic mass is 35.5. The molecule has 0 aliphatic heterocycles. The van der Waals surface area contributed by atoms with Crippen LogP contribution in [0, 0.1) is 0 Å². The second kappa shape index (κ2) is 6.54. The zero-order chi connectivity index (χ0) is 19.2. The van der Waals surface area contributed by atoms with Gasteiger partial charge in [0.1, 0.15) is 16.1 Å². The molecule has 3 heterocycles. The van der Waals surface area contributed by atoms with Crippen molar-refractivity contribution in [3.8, 4) is 5.69 Å². The summed E-state index contributed by atoms with van der Waals surface area (Å²) in [6.07, 6.45) is -1.32. The van der Waals surface area contributed by atoms with E-state index in [9.17, 15) is 18.0 Å². The van der Waals surface area contributed by atoms with E-state index in [2.05, 4.69) is 10.3 Å². The predicted octanol–water partition coefficient (Wildman–Crippen LogP) is 5.23. The van der Waals surface area contributed by atoms with Gasteiger partial charge in [-0.15, -0.1) is 11.3 Å². The SMILES string of the molecule is O=c1c2sc3nccc(NCC(F)(F)F)c3c2ccn1-c1ccc(Cl)cc1. The maximum Gasteiger partial charge on any atom is 0.405 e. The van der Waals surface area contributed by atoms with E-state index < -0.39 is 12.7 Å². The third-order valence-corrected chi connectivity index (χ3v) is 5.37. The Morgan fingerprint density at radius 1 is 1.15 bits per heavy atom. The molecule has 1 N–H and O–H groups in total. The van der Waals surface area contributed by atoms with Crippen molar-refractivity contribution in [2.45, 2.75) is 6.18 Å². The summed E-state index contributed by atoms with van der Waals surface area (Å²) >= 11 is 7.04. The van der Waals surface area contributed by atoms with Crippen LogP contribution in [0.25, 0.3) is 26.0 Å². The molecule has 0 radical (unpaired) electrons. The highest BCUT2D eigenvalue weighted by Gasteiger charge is 2.27. The Morgan fingerprint density at radius 2 is 1.89 bits per heavy atom. The molecule has 0 unspecified atom stereocenters. The number of rotatable bonds is 3. The van der Waals surface area contributed by atoms with Crippen molar-refractivity contribution in [1.29, 1.82) is 0 Å². The lowest BCUT2D eigenvalue weighted by molar-refractivity contribution is -0.115. The molecule has 3 aromatic heterocycles. The molecule has 138 valence electrons. The average Bonchev–Trinajstić information content (AvgIpc) is 3.01. The Morgan fingerprint density at radius 3 is 2.59 bits per heavy atom. The zero-order valence-electron chi connectivity index (χ0n) is 13.5. The van der Waals surface area contributed by atoms with Crippen LogP contribution in [0.15, 0.2) is 53.6 Å². The number of nitrogens with zero attached hydrogens (tertiary/aromatic N) is 2.